The normalized spacial score (nSPS) is 12.7. The minimum absolute atomic E-state index is 0.369. The number of imidazole rings is 2. The van der Waals surface area contributed by atoms with E-state index in [0.29, 0.717) is 0 Å². The van der Waals surface area contributed by atoms with E-state index in [1.807, 2.05) is 146 Å². The Bertz CT molecular complexity index is 6140. The molecule has 1 aliphatic rings. The summed E-state index contributed by atoms with van der Waals surface area (Å²) in [5.41, 5.74) is 25.4. The lowest BCUT2D eigenvalue weighted by molar-refractivity contribution is 0.00578. The first-order valence-electron chi connectivity index (χ1n) is 38.1. The Hall–Kier alpha value is -13.8. The van der Waals surface area contributed by atoms with Crippen LogP contribution >= 0.6 is 15.9 Å². The van der Waals surface area contributed by atoms with Crippen LogP contribution in [0.1, 0.15) is 27.7 Å². The molecule has 1 aliphatic heterocycles. The molecule has 0 unspecified atom stereocenters. The summed E-state index contributed by atoms with van der Waals surface area (Å²) in [5, 5.41) is 0. The second kappa shape index (κ2) is 32.7. The molecule has 18 aromatic rings. The van der Waals surface area contributed by atoms with Gasteiger partial charge in [0.25, 0.3) is 0 Å². The van der Waals surface area contributed by atoms with Gasteiger partial charge >= 0.3 is 7.12 Å². The highest BCUT2D eigenvalue weighted by atomic mass is 79.9. The molecule has 1 saturated heterocycles. The number of nitrogens with zero attached hydrogens (tertiary/aromatic N) is 10. The smallest absolute Gasteiger partial charge is 0.399 e. The number of hydrogen-bond acceptors (Lipinski definition) is 10. The van der Waals surface area contributed by atoms with Crippen molar-refractivity contribution in [3.05, 3.63) is 405 Å². The number of rotatable bonds is 16. The molecule has 14 heteroatoms. The highest BCUT2D eigenvalue weighted by molar-refractivity contribution is 9.10. The van der Waals surface area contributed by atoms with Gasteiger partial charge in [-0.15, -0.1) is 0 Å². The van der Waals surface area contributed by atoms with Crippen molar-refractivity contribution in [2.45, 2.75) is 38.9 Å². The summed E-state index contributed by atoms with van der Waals surface area (Å²) >= 11 is 3.43. The molecule has 0 amide bonds. The van der Waals surface area contributed by atoms with Crippen LogP contribution in [0.5, 0.6) is 0 Å². The van der Waals surface area contributed by atoms with Gasteiger partial charge in [-0.1, -0.05) is 224 Å². The number of para-hydroxylation sites is 10. The van der Waals surface area contributed by atoms with Gasteiger partial charge in [0.05, 0.1) is 44.7 Å². The Morgan fingerprint density at radius 1 is 0.272 bits per heavy atom. The molecule has 0 saturated carbocycles. The number of hydrogen-bond donors (Lipinski definition) is 0. The molecule has 12 aromatic carbocycles. The highest BCUT2D eigenvalue weighted by Crippen LogP contribution is 2.41. The van der Waals surface area contributed by atoms with Gasteiger partial charge in [0.2, 0.25) is 0 Å². The summed E-state index contributed by atoms with van der Waals surface area (Å²) in [5.74, 6) is 1.66. The summed E-state index contributed by atoms with van der Waals surface area (Å²) < 4.78 is 17.6. The molecule has 1 fully saturated rings. The minimum Gasteiger partial charge on any atom is -0.399 e. The van der Waals surface area contributed by atoms with Gasteiger partial charge < -0.3 is 19.1 Å². The minimum atomic E-state index is -0.406. The van der Waals surface area contributed by atoms with Crippen LogP contribution in [0.3, 0.4) is 0 Å². The lowest BCUT2D eigenvalue weighted by Gasteiger charge is -2.32. The van der Waals surface area contributed by atoms with Gasteiger partial charge in [-0.25, -0.2) is 9.97 Å². The largest absolute Gasteiger partial charge is 0.496 e. The number of fused-ring (bicyclic) bond motifs is 2. The first-order chi connectivity index (χ1) is 55.9. The number of pyridine rings is 4. The van der Waals surface area contributed by atoms with Crippen LogP contribution in [-0.2, 0) is 9.31 Å². The third-order valence-corrected chi connectivity index (χ3v) is 21.3. The van der Waals surface area contributed by atoms with Crippen molar-refractivity contribution < 1.29 is 9.31 Å². The predicted octanol–water partition coefficient (Wildman–Crippen LogP) is 25.0. The van der Waals surface area contributed by atoms with Gasteiger partial charge in [-0.3, -0.25) is 29.1 Å². The molecule has 114 heavy (non-hydrogen) atoms. The van der Waals surface area contributed by atoms with Crippen molar-refractivity contribution in [3.8, 4) is 90.3 Å². The van der Waals surface area contributed by atoms with E-state index >= 15 is 0 Å². The van der Waals surface area contributed by atoms with Crippen LogP contribution in [-0.4, -0.2) is 57.4 Å². The molecular formula is C100H78BBrN10O2. The predicted molar refractivity (Wildman–Crippen MR) is 471 cm³/mol. The summed E-state index contributed by atoms with van der Waals surface area (Å²) in [7, 11) is -0.406. The molecule has 550 valence electrons. The Balaban J connectivity index is 0.000000133. The lowest BCUT2D eigenvalue weighted by Crippen LogP contribution is -2.41. The second-order valence-corrected chi connectivity index (χ2v) is 29.7. The Kier molecular flexibility index (Phi) is 20.9. The molecule has 0 spiro atoms. The van der Waals surface area contributed by atoms with Gasteiger partial charge in [0.15, 0.2) is 11.6 Å². The number of halogens is 1. The molecule has 12 nitrogen and oxygen atoms in total. The van der Waals surface area contributed by atoms with E-state index in [1.165, 1.54) is 5.56 Å². The maximum Gasteiger partial charge on any atom is 0.496 e. The van der Waals surface area contributed by atoms with Gasteiger partial charge in [0, 0.05) is 102 Å². The molecule has 0 N–H and O–H groups in total. The van der Waals surface area contributed by atoms with Crippen molar-refractivity contribution in [2.75, 3.05) is 9.80 Å². The van der Waals surface area contributed by atoms with Crippen LogP contribution in [0.2, 0.25) is 0 Å². The molecule has 0 aliphatic carbocycles. The zero-order valence-corrected chi connectivity index (χ0v) is 64.9. The maximum atomic E-state index is 6.17. The van der Waals surface area contributed by atoms with E-state index in [1.54, 1.807) is 6.20 Å². The van der Waals surface area contributed by atoms with Gasteiger partial charge in [0.1, 0.15) is 11.4 Å². The van der Waals surface area contributed by atoms with E-state index in [-0.39, 0.29) is 11.2 Å². The van der Waals surface area contributed by atoms with Crippen molar-refractivity contribution in [3.63, 3.8) is 0 Å². The molecule has 19 rings (SSSR count). The molecule has 0 radical (unpaired) electrons. The maximum absolute atomic E-state index is 6.17. The Morgan fingerprint density at radius 3 is 0.904 bits per heavy atom. The van der Waals surface area contributed by atoms with E-state index < -0.39 is 7.12 Å². The van der Waals surface area contributed by atoms with Gasteiger partial charge in [-0.2, -0.15) is 0 Å². The van der Waals surface area contributed by atoms with Crippen molar-refractivity contribution >= 4 is 84.7 Å². The van der Waals surface area contributed by atoms with Crippen molar-refractivity contribution in [1.82, 2.24) is 39.0 Å². The highest BCUT2D eigenvalue weighted by Gasteiger charge is 2.52. The third-order valence-electron chi connectivity index (χ3n) is 20.8. The lowest BCUT2D eigenvalue weighted by atomic mass is 9.80. The summed E-state index contributed by atoms with van der Waals surface area (Å²) in [6, 6.07) is 130. The fourth-order valence-electron chi connectivity index (χ4n) is 14.2. The quantitative estimate of drug-likeness (QED) is 0.0867. The third kappa shape index (κ3) is 15.7. The van der Waals surface area contributed by atoms with Crippen molar-refractivity contribution in [2.24, 2.45) is 0 Å². The first-order valence-corrected chi connectivity index (χ1v) is 38.9. The van der Waals surface area contributed by atoms with Crippen molar-refractivity contribution in [1.29, 1.82) is 0 Å². The first kappa shape index (κ1) is 73.1. The summed E-state index contributed by atoms with van der Waals surface area (Å²) in [6.45, 7) is 8.25. The molecular weight excluding hydrogens is 1460 g/mol. The zero-order valence-electron chi connectivity index (χ0n) is 63.3. The number of aromatic nitrogens is 8. The van der Waals surface area contributed by atoms with E-state index in [4.69, 9.17) is 34.2 Å². The molecule has 0 atom stereocenters. The zero-order chi connectivity index (χ0) is 77.4. The second-order valence-electron chi connectivity index (χ2n) is 28.7. The summed E-state index contributed by atoms with van der Waals surface area (Å²) in [4.78, 5) is 33.2. The number of anilines is 6. The molecule has 7 heterocycles. The molecule has 6 aromatic heterocycles. The monoisotopic (exact) mass is 1540 g/mol. The van der Waals surface area contributed by atoms with Crippen LogP contribution in [0.15, 0.2) is 405 Å². The van der Waals surface area contributed by atoms with E-state index in [0.717, 1.165) is 151 Å². The van der Waals surface area contributed by atoms with E-state index in [2.05, 4.69) is 316 Å². The Morgan fingerprint density at radius 2 is 0.561 bits per heavy atom. The average Bonchev–Trinajstić information content (AvgIpc) is 1.62. The Labute approximate surface area is 673 Å². The number of benzene rings is 12. The van der Waals surface area contributed by atoms with Gasteiger partial charge in [-0.05, 0) is 218 Å². The van der Waals surface area contributed by atoms with Crippen LogP contribution in [0, 0.1) is 0 Å². The van der Waals surface area contributed by atoms with Crippen LogP contribution in [0.4, 0.5) is 34.1 Å². The fourth-order valence-corrected chi connectivity index (χ4v) is 14.4. The molecule has 0 bridgehead atoms. The standard InChI is InChI=1S/C47H33N5.C35H33BN2O2.C18H12BrN3/c1-4-12-39(13-5-1)51(40-14-6-2-7-15-40)42-28-24-35(25-29-42)34-20-22-36(23-21-34)43-30-26-37(32-48-43)38-27-31-45(49-33-38)47-50-44-18-10-11-19-46(44)52(47)41-16-8-3-9-17-41;1-34(2)35(3,4)40-36(39-34)29-21-24-33(37-25-29)28-17-15-26(16-18-28)27-19-22-32(23-20-27)38(30-11-7-5-8-12-30)31-13-9-6-10-14-31;19-13-10-11-16(20-12-13)18-21-15-8-4-5-9-17(15)22(18)14-6-2-1-3-7-14/h1-33H;5-25H,1-4H3;1-12H. The summed E-state index contributed by atoms with van der Waals surface area (Å²) in [6.07, 6.45) is 7.47. The fraction of sp³-hybridized carbons (Fsp3) is 0.0600. The van der Waals surface area contributed by atoms with E-state index in [9.17, 15) is 0 Å². The van der Waals surface area contributed by atoms with Crippen LogP contribution < -0.4 is 15.3 Å². The van der Waals surface area contributed by atoms with Crippen LogP contribution in [0.25, 0.3) is 112 Å². The topological polar surface area (TPSA) is 112 Å². The SMILES string of the molecule is Brc1ccc(-c2nc3ccccc3n2-c2ccccc2)nc1.CC1(C)OB(c2ccc(-c3ccc(-c4ccc(N(c5ccccc5)c5ccccc5)cc4)cc3)nc2)OC1(C)C.c1ccc(N(c2ccccc2)c2ccc(-c3ccc(-c4ccc(-c5ccc(-c6nc7ccccc7n6-c6ccccc6)nc5)cn4)cc3)cc2)cc1. The average molecular weight is 1540 g/mol.